The van der Waals surface area contributed by atoms with E-state index in [9.17, 15) is 9.59 Å². The third-order valence-corrected chi connectivity index (χ3v) is 4.46. The summed E-state index contributed by atoms with van der Waals surface area (Å²) < 4.78 is 5.40. The van der Waals surface area contributed by atoms with Gasteiger partial charge in [-0.1, -0.05) is 23.7 Å². The van der Waals surface area contributed by atoms with Crippen LogP contribution in [0.4, 0.5) is 0 Å². The van der Waals surface area contributed by atoms with Crippen LogP contribution in [0.3, 0.4) is 0 Å². The number of carboxylic acid groups (broad SMARTS) is 1. The van der Waals surface area contributed by atoms with Crippen molar-refractivity contribution >= 4 is 23.5 Å². The van der Waals surface area contributed by atoms with Crippen LogP contribution in [0, 0.1) is 5.92 Å². The molecule has 0 spiro atoms. The summed E-state index contributed by atoms with van der Waals surface area (Å²) in [6.07, 6.45) is 1.16. The fourth-order valence-electron chi connectivity index (χ4n) is 3.07. The predicted octanol–water partition coefficient (Wildman–Crippen LogP) is 2.07. The Labute approximate surface area is 146 Å². The second-order valence-corrected chi connectivity index (χ2v) is 6.31. The zero-order valence-corrected chi connectivity index (χ0v) is 14.2. The van der Waals surface area contributed by atoms with Crippen LogP contribution in [-0.4, -0.2) is 48.2 Å². The second kappa shape index (κ2) is 9.01. The van der Waals surface area contributed by atoms with Crippen molar-refractivity contribution in [3.05, 3.63) is 34.9 Å². The standard InChI is InChI=1S/C17H23ClN2O4/c18-14-4-1-12(2-5-14)15-6-3-13(11-16(21)22)17(23)20(15)8-10-24-9-7-19/h1-2,4-5,13,15H,3,6-11,19H2,(H,21,22)/t13-,15?/m1/s1. The number of hydrogen-bond donors (Lipinski definition) is 2. The molecule has 3 N–H and O–H groups in total. The van der Waals surface area contributed by atoms with Gasteiger partial charge in [-0.15, -0.1) is 0 Å². The van der Waals surface area contributed by atoms with Crippen LogP contribution in [0.25, 0.3) is 0 Å². The van der Waals surface area contributed by atoms with Crippen molar-refractivity contribution in [1.29, 1.82) is 0 Å². The van der Waals surface area contributed by atoms with E-state index in [0.717, 1.165) is 12.0 Å². The van der Waals surface area contributed by atoms with Gasteiger partial charge in [-0.25, -0.2) is 0 Å². The van der Waals surface area contributed by atoms with Crippen molar-refractivity contribution in [3.8, 4) is 0 Å². The number of nitrogens with zero attached hydrogens (tertiary/aromatic N) is 1. The first-order valence-corrected chi connectivity index (χ1v) is 8.46. The molecule has 7 heteroatoms. The number of amides is 1. The molecule has 24 heavy (non-hydrogen) atoms. The third-order valence-electron chi connectivity index (χ3n) is 4.21. The Hall–Kier alpha value is -1.63. The summed E-state index contributed by atoms with van der Waals surface area (Å²) in [5.41, 5.74) is 6.40. The summed E-state index contributed by atoms with van der Waals surface area (Å²) in [7, 11) is 0. The molecule has 1 aromatic carbocycles. The fourth-order valence-corrected chi connectivity index (χ4v) is 3.20. The van der Waals surface area contributed by atoms with E-state index in [1.165, 1.54) is 0 Å². The number of carbonyl (C=O) groups is 2. The molecule has 0 radical (unpaired) electrons. The average Bonchev–Trinajstić information content (AvgIpc) is 2.55. The molecule has 0 bridgehead atoms. The third kappa shape index (κ3) is 4.93. The largest absolute Gasteiger partial charge is 0.481 e. The number of hydrogen-bond acceptors (Lipinski definition) is 4. The molecule has 2 rings (SSSR count). The molecule has 6 nitrogen and oxygen atoms in total. The lowest BCUT2D eigenvalue weighted by Crippen LogP contribution is -2.45. The van der Waals surface area contributed by atoms with Gasteiger partial charge in [-0.3, -0.25) is 9.59 Å². The first kappa shape index (κ1) is 18.7. The molecule has 1 unspecified atom stereocenters. The van der Waals surface area contributed by atoms with Crippen molar-refractivity contribution in [2.45, 2.75) is 25.3 Å². The summed E-state index contributed by atoms with van der Waals surface area (Å²) in [4.78, 5) is 25.4. The molecule has 1 aliphatic heterocycles. The summed E-state index contributed by atoms with van der Waals surface area (Å²) in [5.74, 6) is -1.54. The molecule has 1 aromatic rings. The molecule has 1 fully saturated rings. The highest BCUT2D eigenvalue weighted by Gasteiger charge is 2.36. The Kier molecular flexibility index (Phi) is 7.02. The van der Waals surface area contributed by atoms with Crippen LogP contribution < -0.4 is 5.73 Å². The zero-order valence-electron chi connectivity index (χ0n) is 13.5. The number of piperidine rings is 1. The maximum Gasteiger partial charge on any atom is 0.304 e. The van der Waals surface area contributed by atoms with Crippen LogP contribution in [0.2, 0.25) is 5.02 Å². The first-order valence-electron chi connectivity index (χ1n) is 8.08. The number of carboxylic acids is 1. The van der Waals surface area contributed by atoms with Gasteiger partial charge in [-0.05, 0) is 30.5 Å². The highest BCUT2D eigenvalue weighted by molar-refractivity contribution is 6.30. The molecule has 1 heterocycles. The SMILES string of the molecule is NCCOCCN1C(=O)[C@@H](CC(=O)O)CCC1c1ccc(Cl)cc1. The van der Waals surface area contributed by atoms with Gasteiger partial charge in [0.15, 0.2) is 0 Å². The normalized spacial score (nSPS) is 21.1. The molecule has 0 aromatic heterocycles. The van der Waals surface area contributed by atoms with Crippen molar-refractivity contribution in [3.63, 3.8) is 0 Å². The highest BCUT2D eigenvalue weighted by atomic mass is 35.5. The van der Waals surface area contributed by atoms with Gasteiger partial charge in [0.25, 0.3) is 0 Å². The van der Waals surface area contributed by atoms with Gasteiger partial charge in [-0.2, -0.15) is 0 Å². The maximum absolute atomic E-state index is 12.7. The monoisotopic (exact) mass is 354 g/mol. The Morgan fingerprint density at radius 3 is 2.62 bits per heavy atom. The van der Waals surface area contributed by atoms with Crippen LogP contribution in [-0.2, 0) is 14.3 Å². The van der Waals surface area contributed by atoms with Gasteiger partial charge in [0, 0.05) is 24.0 Å². The molecule has 1 saturated heterocycles. The number of likely N-dealkylation sites (tertiary alicyclic amines) is 1. The van der Waals surface area contributed by atoms with Gasteiger partial charge in [0.05, 0.1) is 25.7 Å². The number of halogens is 1. The van der Waals surface area contributed by atoms with Crippen molar-refractivity contribution in [1.82, 2.24) is 4.90 Å². The number of carbonyl (C=O) groups excluding carboxylic acids is 1. The van der Waals surface area contributed by atoms with E-state index < -0.39 is 11.9 Å². The lowest BCUT2D eigenvalue weighted by Gasteiger charge is -2.39. The molecular weight excluding hydrogens is 332 g/mol. The maximum atomic E-state index is 12.7. The summed E-state index contributed by atoms with van der Waals surface area (Å²) in [6, 6.07) is 7.33. The smallest absolute Gasteiger partial charge is 0.304 e. The van der Waals surface area contributed by atoms with Crippen LogP contribution in [0.5, 0.6) is 0 Å². The van der Waals surface area contributed by atoms with Crippen molar-refractivity contribution < 1.29 is 19.4 Å². The Bertz CT molecular complexity index is 564. The van der Waals surface area contributed by atoms with Crippen molar-refractivity contribution in [2.75, 3.05) is 26.3 Å². The van der Waals surface area contributed by atoms with E-state index in [2.05, 4.69) is 0 Å². The van der Waals surface area contributed by atoms with E-state index in [0.29, 0.717) is 37.7 Å². The van der Waals surface area contributed by atoms with E-state index >= 15 is 0 Å². The predicted molar refractivity (Wildman–Crippen MR) is 90.8 cm³/mol. The average molecular weight is 355 g/mol. The number of nitrogens with two attached hydrogens (primary N) is 1. The van der Waals surface area contributed by atoms with Gasteiger partial charge in [0.1, 0.15) is 0 Å². The van der Waals surface area contributed by atoms with Gasteiger partial charge in [0.2, 0.25) is 5.91 Å². The second-order valence-electron chi connectivity index (χ2n) is 5.87. The molecule has 1 amide bonds. The summed E-state index contributed by atoms with van der Waals surface area (Å²) >= 11 is 5.94. The number of aliphatic carboxylic acids is 1. The van der Waals surface area contributed by atoms with E-state index in [1.54, 1.807) is 17.0 Å². The van der Waals surface area contributed by atoms with Gasteiger partial charge < -0.3 is 20.5 Å². The first-order chi connectivity index (χ1) is 11.5. The lowest BCUT2D eigenvalue weighted by molar-refractivity contribution is -0.149. The number of rotatable bonds is 8. The minimum absolute atomic E-state index is 0.0821. The van der Waals surface area contributed by atoms with Gasteiger partial charge >= 0.3 is 5.97 Å². The Morgan fingerprint density at radius 2 is 2.00 bits per heavy atom. The Balaban J connectivity index is 2.13. The molecule has 1 aliphatic rings. The fraction of sp³-hybridized carbons (Fsp3) is 0.529. The lowest BCUT2D eigenvalue weighted by atomic mass is 9.86. The molecular formula is C17H23ClN2O4. The van der Waals surface area contributed by atoms with E-state index in [4.69, 9.17) is 27.2 Å². The molecule has 132 valence electrons. The van der Waals surface area contributed by atoms with Crippen molar-refractivity contribution in [2.24, 2.45) is 11.7 Å². The molecule has 0 aliphatic carbocycles. The minimum atomic E-state index is -0.947. The topological polar surface area (TPSA) is 92.9 Å². The number of ether oxygens (including phenoxy) is 1. The Morgan fingerprint density at radius 1 is 1.29 bits per heavy atom. The zero-order chi connectivity index (χ0) is 17.5. The molecule has 0 saturated carbocycles. The van der Waals surface area contributed by atoms with E-state index in [1.807, 2.05) is 12.1 Å². The number of benzene rings is 1. The van der Waals surface area contributed by atoms with Crippen LogP contribution in [0.1, 0.15) is 30.9 Å². The summed E-state index contributed by atoms with van der Waals surface area (Å²) in [6.45, 7) is 1.66. The molecule has 2 atom stereocenters. The minimum Gasteiger partial charge on any atom is -0.481 e. The highest BCUT2D eigenvalue weighted by Crippen LogP contribution is 2.35. The van der Waals surface area contributed by atoms with Crippen LogP contribution >= 0.6 is 11.6 Å². The van der Waals surface area contributed by atoms with E-state index in [-0.39, 0.29) is 18.4 Å². The van der Waals surface area contributed by atoms with Crippen LogP contribution in [0.15, 0.2) is 24.3 Å². The summed E-state index contributed by atoms with van der Waals surface area (Å²) in [5, 5.41) is 9.65. The quantitative estimate of drug-likeness (QED) is 0.697.